The maximum Gasteiger partial charge on any atom is 0.123 e. The number of hydrogen-bond acceptors (Lipinski definition) is 1. The zero-order valence-electron chi connectivity index (χ0n) is 10.8. The molecule has 0 radical (unpaired) electrons. The first-order valence-corrected chi connectivity index (χ1v) is 6.41. The van der Waals surface area contributed by atoms with E-state index in [2.05, 4.69) is 20.8 Å². The van der Waals surface area contributed by atoms with E-state index in [0.29, 0.717) is 11.8 Å². The van der Waals surface area contributed by atoms with Gasteiger partial charge in [-0.2, -0.15) is 0 Å². The van der Waals surface area contributed by atoms with Crippen molar-refractivity contribution in [3.05, 3.63) is 35.6 Å². The van der Waals surface area contributed by atoms with Crippen molar-refractivity contribution in [1.82, 2.24) is 0 Å². The van der Waals surface area contributed by atoms with Crippen molar-refractivity contribution >= 4 is 0 Å². The van der Waals surface area contributed by atoms with Crippen LogP contribution in [0.2, 0.25) is 0 Å². The Kier molecular flexibility index (Phi) is 3.26. The van der Waals surface area contributed by atoms with Crippen LogP contribution in [0.25, 0.3) is 0 Å². The van der Waals surface area contributed by atoms with Gasteiger partial charge in [0, 0.05) is 0 Å². The lowest BCUT2D eigenvalue weighted by atomic mass is 9.56. The van der Waals surface area contributed by atoms with Gasteiger partial charge in [-0.3, -0.25) is 0 Å². The number of benzene rings is 1. The van der Waals surface area contributed by atoms with E-state index in [4.69, 9.17) is 0 Å². The van der Waals surface area contributed by atoms with Crippen LogP contribution in [0.1, 0.15) is 39.2 Å². The number of halogens is 1. The second-order valence-electron chi connectivity index (χ2n) is 5.71. The van der Waals surface area contributed by atoms with Gasteiger partial charge in [0.25, 0.3) is 0 Å². The Bertz CT molecular complexity index is 382. The van der Waals surface area contributed by atoms with Gasteiger partial charge >= 0.3 is 0 Å². The maximum atomic E-state index is 12.9. The Hall–Kier alpha value is -0.890. The molecule has 1 fully saturated rings. The van der Waals surface area contributed by atoms with Crippen molar-refractivity contribution in [3.8, 4) is 0 Å². The van der Waals surface area contributed by atoms with Crippen LogP contribution in [-0.4, -0.2) is 11.2 Å². The van der Waals surface area contributed by atoms with Crippen LogP contribution in [-0.2, 0) is 5.41 Å². The third-order valence-electron chi connectivity index (χ3n) is 4.49. The molecule has 3 unspecified atom stereocenters. The fraction of sp³-hybridized carbons (Fsp3) is 0.600. The SMILES string of the molecule is CCC1C(O)CC1C(C)(C)c1ccc(F)cc1. The standard InChI is InChI=1S/C15H21FO/c1-4-12-13(9-14(12)17)15(2,3)10-5-7-11(16)8-6-10/h5-8,12-14,17H,4,9H2,1-3H3. The van der Waals surface area contributed by atoms with Crippen molar-refractivity contribution in [2.75, 3.05) is 0 Å². The molecule has 1 aromatic rings. The summed E-state index contributed by atoms with van der Waals surface area (Å²) in [7, 11) is 0. The normalized spacial score (nSPS) is 28.9. The lowest BCUT2D eigenvalue weighted by Crippen LogP contribution is -2.50. The average molecular weight is 236 g/mol. The molecule has 2 heteroatoms. The molecule has 94 valence electrons. The lowest BCUT2D eigenvalue weighted by molar-refractivity contribution is -0.0649. The van der Waals surface area contributed by atoms with Crippen LogP contribution in [0.4, 0.5) is 4.39 Å². The Morgan fingerprint density at radius 1 is 1.29 bits per heavy atom. The summed E-state index contributed by atoms with van der Waals surface area (Å²) in [6, 6.07) is 6.78. The highest BCUT2D eigenvalue weighted by atomic mass is 19.1. The molecule has 2 rings (SSSR count). The van der Waals surface area contributed by atoms with Crippen LogP contribution in [0.15, 0.2) is 24.3 Å². The van der Waals surface area contributed by atoms with Gasteiger partial charge in [-0.05, 0) is 41.4 Å². The number of hydrogen-bond donors (Lipinski definition) is 1. The molecule has 0 amide bonds. The van der Waals surface area contributed by atoms with Crippen LogP contribution >= 0.6 is 0 Å². The summed E-state index contributed by atoms with van der Waals surface area (Å²) >= 11 is 0. The highest BCUT2D eigenvalue weighted by Gasteiger charge is 2.47. The molecule has 1 aliphatic carbocycles. The highest BCUT2D eigenvalue weighted by Crippen LogP contribution is 2.49. The maximum absolute atomic E-state index is 12.9. The zero-order chi connectivity index (χ0) is 12.6. The van der Waals surface area contributed by atoms with E-state index in [1.165, 1.54) is 12.1 Å². The van der Waals surface area contributed by atoms with Gasteiger partial charge in [0.15, 0.2) is 0 Å². The summed E-state index contributed by atoms with van der Waals surface area (Å²) in [5.41, 5.74) is 1.17. The largest absolute Gasteiger partial charge is 0.393 e. The van der Waals surface area contributed by atoms with E-state index in [1.54, 1.807) is 0 Å². The molecule has 0 spiro atoms. The molecule has 1 saturated carbocycles. The van der Waals surface area contributed by atoms with Crippen molar-refractivity contribution in [2.45, 2.75) is 45.1 Å². The second-order valence-corrected chi connectivity index (χ2v) is 5.71. The molecule has 0 bridgehead atoms. The zero-order valence-corrected chi connectivity index (χ0v) is 10.8. The molecule has 0 aromatic heterocycles. The third kappa shape index (κ3) is 2.11. The van der Waals surface area contributed by atoms with Gasteiger partial charge in [-0.1, -0.05) is 39.3 Å². The Labute approximate surface area is 103 Å². The summed E-state index contributed by atoms with van der Waals surface area (Å²) in [6.07, 6.45) is 1.73. The van der Waals surface area contributed by atoms with E-state index >= 15 is 0 Å². The van der Waals surface area contributed by atoms with Crippen LogP contribution in [0.3, 0.4) is 0 Å². The smallest absolute Gasteiger partial charge is 0.123 e. The van der Waals surface area contributed by atoms with Crippen LogP contribution < -0.4 is 0 Å². The predicted molar refractivity (Wildman–Crippen MR) is 67.3 cm³/mol. The van der Waals surface area contributed by atoms with Gasteiger partial charge in [0.2, 0.25) is 0 Å². The summed E-state index contributed by atoms with van der Waals surface area (Å²) in [4.78, 5) is 0. The van der Waals surface area contributed by atoms with Gasteiger partial charge in [0.05, 0.1) is 6.10 Å². The summed E-state index contributed by atoms with van der Waals surface area (Å²) in [5.74, 6) is 0.688. The molecule has 0 saturated heterocycles. The molecule has 1 N–H and O–H groups in total. The van der Waals surface area contributed by atoms with Crippen LogP contribution in [0, 0.1) is 17.7 Å². The molecule has 0 heterocycles. The minimum atomic E-state index is -0.190. The average Bonchev–Trinajstić information content (AvgIpc) is 2.27. The third-order valence-corrected chi connectivity index (χ3v) is 4.49. The Balaban J connectivity index is 2.21. The van der Waals surface area contributed by atoms with Crippen molar-refractivity contribution in [1.29, 1.82) is 0 Å². The topological polar surface area (TPSA) is 20.2 Å². The van der Waals surface area contributed by atoms with Gasteiger partial charge in [0.1, 0.15) is 5.82 Å². The molecule has 1 aliphatic rings. The molecule has 0 aliphatic heterocycles. The quantitative estimate of drug-likeness (QED) is 0.851. The first-order chi connectivity index (χ1) is 7.96. The predicted octanol–water partition coefficient (Wildman–Crippen LogP) is 3.51. The van der Waals surface area contributed by atoms with E-state index in [0.717, 1.165) is 18.4 Å². The fourth-order valence-electron chi connectivity index (χ4n) is 3.16. The molecule has 3 atom stereocenters. The molecular formula is C15H21FO. The van der Waals surface area contributed by atoms with Gasteiger partial charge < -0.3 is 5.11 Å². The summed E-state index contributed by atoms with van der Waals surface area (Å²) < 4.78 is 12.9. The lowest BCUT2D eigenvalue weighted by Gasteiger charge is -2.50. The second kappa shape index (κ2) is 4.41. The first-order valence-electron chi connectivity index (χ1n) is 6.41. The summed E-state index contributed by atoms with van der Waals surface area (Å²) in [6.45, 7) is 6.51. The van der Waals surface area contributed by atoms with E-state index in [-0.39, 0.29) is 17.3 Å². The molecular weight excluding hydrogens is 215 g/mol. The van der Waals surface area contributed by atoms with E-state index < -0.39 is 0 Å². The highest BCUT2D eigenvalue weighted by molar-refractivity contribution is 5.27. The monoisotopic (exact) mass is 236 g/mol. The molecule has 17 heavy (non-hydrogen) atoms. The fourth-order valence-corrected chi connectivity index (χ4v) is 3.16. The van der Waals surface area contributed by atoms with Crippen molar-refractivity contribution < 1.29 is 9.50 Å². The Morgan fingerprint density at radius 2 is 1.88 bits per heavy atom. The van der Waals surface area contributed by atoms with Crippen LogP contribution in [0.5, 0.6) is 0 Å². The molecule has 1 nitrogen and oxygen atoms in total. The minimum absolute atomic E-state index is 0.00755. The van der Waals surface area contributed by atoms with Crippen molar-refractivity contribution in [3.63, 3.8) is 0 Å². The minimum Gasteiger partial charge on any atom is -0.393 e. The van der Waals surface area contributed by atoms with Gasteiger partial charge in [-0.25, -0.2) is 4.39 Å². The first kappa shape index (κ1) is 12.6. The molecule has 1 aromatic carbocycles. The van der Waals surface area contributed by atoms with E-state index in [9.17, 15) is 9.50 Å². The number of aliphatic hydroxyl groups excluding tert-OH is 1. The Morgan fingerprint density at radius 3 is 2.35 bits per heavy atom. The van der Waals surface area contributed by atoms with Crippen molar-refractivity contribution in [2.24, 2.45) is 11.8 Å². The van der Waals surface area contributed by atoms with E-state index in [1.807, 2.05) is 12.1 Å². The number of rotatable bonds is 3. The van der Waals surface area contributed by atoms with Gasteiger partial charge in [-0.15, -0.1) is 0 Å². The summed E-state index contributed by atoms with van der Waals surface area (Å²) in [5, 5.41) is 9.77. The number of aliphatic hydroxyl groups is 1.